The molecule has 0 fully saturated rings. The lowest BCUT2D eigenvalue weighted by Gasteiger charge is -2.47. The Bertz CT molecular complexity index is 427. The first-order valence-corrected chi connectivity index (χ1v) is 12.3. The van der Waals surface area contributed by atoms with Crippen molar-refractivity contribution in [3.05, 3.63) is 12.7 Å². The van der Waals surface area contributed by atoms with Crippen LogP contribution >= 0.6 is 0 Å². The maximum absolute atomic E-state index is 12.2. The zero-order valence-corrected chi connectivity index (χ0v) is 20.2. The van der Waals surface area contributed by atoms with Crippen LogP contribution in [0.2, 0.25) is 16.6 Å². The third-order valence-electron chi connectivity index (χ3n) is 5.59. The highest BCUT2D eigenvalue weighted by atomic mass is 28.4. The van der Waals surface area contributed by atoms with Gasteiger partial charge in [-0.2, -0.15) is 0 Å². The second-order valence-corrected chi connectivity index (χ2v) is 15.2. The summed E-state index contributed by atoms with van der Waals surface area (Å²) in [6, 6.07) is 0. The van der Waals surface area contributed by atoms with E-state index >= 15 is 0 Å². The molecule has 0 aromatic heterocycles. The molecule has 26 heavy (non-hydrogen) atoms. The average molecular weight is 385 g/mol. The summed E-state index contributed by atoms with van der Waals surface area (Å²) in [5.41, 5.74) is 1.08. The second-order valence-electron chi connectivity index (χ2n) is 9.82. The molecule has 0 N–H and O–H groups in total. The molecule has 0 rings (SSSR count). The molecule has 3 nitrogen and oxygen atoms in total. The van der Waals surface area contributed by atoms with Crippen LogP contribution in [0.5, 0.6) is 0 Å². The van der Waals surface area contributed by atoms with Crippen LogP contribution in [0.15, 0.2) is 12.7 Å². The predicted octanol–water partition coefficient (Wildman–Crippen LogP) is 6.59. The van der Waals surface area contributed by atoms with E-state index in [0.29, 0.717) is 23.2 Å². The Morgan fingerprint density at radius 3 is 1.69 bits per heavy atom. The third-order valence-corrected chi connectivity index (χ3v) is 11.7. The Morgan fingerprint density at radius 1 is 0.962 bits per heavy atom. The first kappa shape index (κ1) is 25.4. The van der Waals surface area contributed by atoms with E-state index in [1.165, 1.54) is 0 Å². The van der Waals surface area contributed by atoms with Gasteiger partial charge in [0.2, 0.25) is 8.32 Å². The number of esters is 1. The highest BCUT2D eigenvalue weighted by Crippen LogP contribution is 2.44. The number of hydrogen-bond acceptors (Lipinski definition) is 3. The molecule has 0 unspecified atom stereocenters. The van der Waals surface area contributed by atoms with Crippen LogP contribution in [0.4, 0.5) is 0 Å². The normalized spacial score (nSPS) is 16.7. The molecule has 0 aliphatic rings. The number of ether oxygens (including phenoxy) is 1. The standard InChI is InChI=1S/C22H44O3Si/c1-13-18(8)20(19(9)14-24-21(23)22(10,11)12)25-26(15(2)3,16(4)5)17(6)7/h13,15-20H,1,14H2,2-12H3/t18-,19-,20-/m1/s1. The fraction of sp³-hybridized carbons (Fsp3) is 0.864. The van der Waals surface area contributed by atoms with Gasteiger partial charge >= 0.3 is 5.97 Å². The van der Waals surface area contributed by atoms with Gasteiger partial charge in [0.15, 0.2) is 0 Å². The van der Waals surface area contributed by atoms with Crippen molar-refractivity contribution in [1.29, 1.82) is 0 Å². The summed E-state index contributed by atoms with van der Waals surface area (Å²) in [7, 11) is -2.01. The van der Waals surface area contributed by atoms with Gasteiger partial charge in [-0.15, -0.1) is 6.58 Å². The monoisotopic (exact) mass is 384 g/mol. The van der Waals surface area contributed by atoms with Gasteiger partial charge in [-0.3, -0.25) is 4.79 Å². The summed E-state index contributed by atoms with van der Waals surface area (Å²) < 4.78 is 12.6. The lowest BCUT2D eigenvalue weighted by Crippen LogP contribution is -2.53. The van der Waals surface area contributed by atoms with Crippen molar-refractivity contribution in [3.8, 4) is 0 Å². The van der Waals surface area contributed by atoms with Crippen LogP contribution in [0.1, 0.15) is 76.2 Å². The smallest absolute Gasteiger partial charge is 0.311 e. The number of hydrogen-bond donors (Lipinski definition) is 0. The van der Waals surface area contributed by atoms with Crippen molar-refractivity contribution >= 4 is 14.3 Å². The van der Waals surface area contributed by atoms with Gasteiger partial charge < -0.3 is 9.16 Å². The molecule has 0 spiro atoms. The molecule has 0 radical (unpaired) electrons. The van der Waals surface area contributed by atoms with Crippen LogP contribution in [-0.2, 0) is 14.0 Å². The molecule has 0 bridgehead atoms. The van der Waals surface area contributed by atoms with Gasteiger partial charge in [-0.1, -0.05) is 61.5 Å². The van der Waals surface area contributed by atoms with Gasteiger partial charge in [-0.05, 0) is 43.3 Å². The molecule has 0 heterocycles. The Kier molecular flexibility index (Phi) is 9.84. The van der Waals surface area contributed by atoms with Gasteiger partial charge in [0.05, 0.1) is 18.1 Å². The Balaban J connectivity index is 5.54. The molecular formula is C22H44O3Si. The summed E-state index contributed by atoms with van der Waals surface area (Å²) in [5, 5.41) is 0. The van der Waals surface area contributed by atoms with Crippen molar-refractivity contribution in [1.82, 2.24) is 0 Å². The summed E-state index contributed by atoms with van der Waals surface area (Å²) in [5.74, 6) is 0.174. The second kappa shape index (κ2) is 10.1. The molecule has 0 saturated carbocycles. The van der Waals surface area contributed by atoms with E-state index in [0.717, 1.165) is 0 Å². The third kappa shape index (κ3) is 6.23. The predicted molar refractivity (Wildman–Crippen MR) is 115 cm³/mol. The van der Waals surface area contributed by atoms with Crippen LogP contribution in [0.3, 0.4) is 0 Å². The van der Waals surface area contributed by atoms with E-state index in [1.54, 1.807) is 0 Å². The Hall–Kier alpha value is -0.613. The fourth-order valence-electron chi connectivity index (χ4n) is 4.04. The van der Waals surface area contributed by atoms with Crippen molar-refractivity contribution in [2.24, 2.45) is 17.3 Å². The Morgan fingerprint density at radius 2 is 1.38 bits per heavy atom. The summed E-state index contributed by atoms with van der Waals surface area (Å²) in [6.07, 6.45) is 1.98. The SMILES string of the molecule is C=C[C@@H](C)[C@@H](O[Si](C(C)C)(C(C)C)C(C)C)[C@H](C)COC(=O)C(C)(C)C. The molecule has 0 aromatic rings. The van der Waals surface area contributed by atoms with Gasteiger partial charge in [0, 0.05) is 5.92 Å². The lowest BCUT2D eigenvalue weighted by molar-refractivity contribution is -0.155. The topological polar surface area (TPSA) is 35.5 Å². The van der Waals surface area contributed by atoms with E-state index in [1.807, 2.05) is 26.8 Å². The van der Waals surface area contributed by atoms with Gasteiger partial charge in [-0.25, -0.2) is 0 Å². The van der Waals surface area contributed by atoms with Crippen LogP contribution < -0.4 is 0 Å². The molecule has 154 valence electrons. The van der Waals surface area contributed by atoms with Crippen molar-refractivity contribution in [2.75, 3.05) is 6.61 Å². The van der Waals surface area contributed by atoms with Crippen LogP contribution in [0.25, 0.3) is 0 Å². The first-order valence-electron chi connectivity index (χ1n) is 10.2. The summed E-state index contributed by atoms with van der Waals surface area (Å²) >= 11 is 0. The quantitative estimate of drug-likeness (QED) is 0.242. The molecule has 0 saturated heterocycles. The molecule has 0 amide bonds. The zero-order chi connectivity index (χ0) is 20.9. The molecule has 0 aliphatic heterocycles. The molecule has 4 heteroatoms. The van der Waals surface area contributed by atoms with E-state index < -0.39 is 13.7 Å². The Labute approximate surface area is 164 Å². The summed E-state index contributed by atoms with van der Waals surface area (Å²) in [6.45, 7) is 28.1. The average Bonchev–Trinajstić information content (AvgIpc) is 2.50. The van der Waals surface area contributed by atoms with E-state index in [4.69, 9.17) is 9.16 Å². The first-order chi connectivity index (χ1) is 11.7. The highest BCUT2D eigenvalue weighted by Gasteiger charge is 2.48. The minimum absolute atomic E-state index is 0.0131. The molecule has 0 aliphatic carbocycles. The zero-order valence-electron chi connectivity index (χ0n) is 19.2. The van der Waals surface area contributed by atoms with E-state index in [9.17, 15) is 4.79 Å². The van der Waals surface area contributed by atoms with Crippen molar-refractivity contribution in [2.45, 2.75) is 98.9 Å². The maximum atomic E-state index is 12.2. The van der Waals surface area contributed by atoms with Gasteiger partial charge in [0.1, 0.15) is 0 Å². The highest BCUT2D eigenvalue weighted by molar-refractivity contribution is 6.77. The number of carbonyl (C=O) groups is 1. The fourth-order valence-corrected chi connectivity index (χ4v) is 9.77. The van der Waals surface area contributed by atoms with E-state index in [2.05, 4.69) is 62.0 Å². The molecule has 0 aromatic carbocycles. The minimum Gasteiger partial charge on any atom is -0.465 e. The van der Waals surface area contributed by atoms with E-state index in [-0.39, 0.29) is 23.9 Å². The van der Waals surface area contributed by atoms with Crippen LogP contribution in [-0.4, -0.2) is 27.0 Å². The number of carbonyl (C=O) groups excluding carboxylic acids is 1. The largest absolute Gasteiger partial charge is 0.465 e. The number of rotatable bonds is 10. The van der Waals surface area contributed by atoms with Crippen molar-refractivity contribution in [3.63, 3.8) is 0 Å². The van der Waals surface area contributed by atoms with Crippen molar-refractivity contribution < 1.29 is 14.0 Å². The molecular weight excluding hydrogens is 340 g/mol. The van der Waals surface area contributed by atoms with Crippen LogP contribution in [0, 0.1) is 17.3 Å². The lowest BCUT2D eigenvalue weighted by atomic mass is 9.93. The molecule has 3 atom stereocenters. The van der Waals surface area contributed by atoms with Gasteiger partial charge in [0.25, 0.3) is 0 Å². The maximum Gasteiger partial charge on any atom is 0.311 e. The summed E-state index contributed by atoms with van der Waals surface area (Å²) in [4.78, 5) is 12.2. The minimum atomic E-state index is -2.01.